The summed E-state index contributed by atoms with van der Waals surface area (Å²) in [5, 5.41) is 0. The Morgan fingerprint density at radius 1 is 0.138 bits per heavy atom. The predicted octanol–water partition coefficient (Wildman–Crippen LogP) is 16.7. The van der Waals surface area contributed by atoms with Gasteiger partial charge in [0.05, 0.1) is 0 Å². The van der Waals surface area contributed by atoms with Gasteiger partial charge in [-0.2, -0.15) is 0 Å². The highest BCUT2D eigenvalue weighted by Crippen LogP contribution is 2.67. The summed E-state index contributed by atoms with van der Waals surface area (Å²) >= 11 is 0. The zero-order valence-electron chi connectivity index (χ0n) is 38.2. The summed E-state index contributed by atoms with van der Waals surface area (Å²) in [6.07, 6.45) is 58.5. The molecule has 0 aromatic carbocycles. The second kappa shape index (κ2) is 17.2. The van der Waals surface area contributed by atoms with Crippen LogP contribution in [0.3, 0.4) is 0 Å². The van der Waals surface area contributed by atoms with Crippen LogP contribution in [0.5, 0.6) is 0 Å². The molecule has 0 bridgehead atoms. The van der Waals surface area contributed by atoms with E-state index in [2.05, 4.69) is 0 Å². The maximum atomic E-state index is 1.72. The molecule has 0 aromatic rings. The maximum absolute atomic E-state index is 1.72. The number of fused-ring (bicyclic) bond motifs is 9. The lowest BCUT2D eigenvalue weighted by molar-refractivity contribution is -0.0608. The van der Waals surface area contributed by atoms with E-state index in [1.807, 2.05) is 0 Å². The lowest BCUT2D eigenvalue weighted by Gasteiger charge is -2.55. The highest BCUT2D eigenvalue weighted by Gasteiger charge is 2.60. The smallest absolute Gasteiger partial charge is 0.0318 e. The van der Waals surface area contributed by atoms with E-state index in [9.17, 15) is 0 Å². The third kappa shape index (κ3) is 7.33. The molecule has 0 heterocycles. The van der Waals surface area contributed by atoms with Gasteiger partial charge in [0.1, 0.15) is 0 Å². The van der Waals surface area contributed by atoms with E-state index < -0.39 is 0 Å². The standard InChI is InChI=1S/C58H94/c1-3-12-37(13-4-1)40-23-24-42-31-43(26-25-41(42)30-40)47-33-48(53-21-11-18-45-32-44-17-8-10-20-52(44)56(45)53)35-49(34-47)54-29-28-50(38-14-5-2-6-15-38)55-36-46-27-22-39-16-7-9-19-51(39)57(46)58(54)55/h37-58H,1-36H2. The van der Waals surface area contributed by atoms with E-state index in [0.29, 0.717) is 0 Å². The summed E-state index contributed by atoms with van der Waals surface area (Å²) in [7, 11) is 0. The van der Waals surface area contributed by atoms with Crippen LogP contribution in [-0.4, -0.2) is 0 Å². The minimum atomic E-state index is 1.10. The molecule has 326 valence electrons. The molecule has 0 heteroatoms. The van der Waals surface area contributed by atoms with Crippen molar-refractivity contribution in [3.8, 4) is 0 Å². The highest BCUT2D eigenvalue weighted by atomic mass is 14.6. The average Bonchev–Trinajstić information content (AvgIpc) is 3.88. The van der Waals surface area contributed by atoms with E-state index in [1.54, 1.807) is 225 Å². The number of hydrogen-bond donors (Lipinski definition) is 0. The van der Waals surface area contributed by atoms with Crippen molar-refractivity contribution in [2.24, 2.45) is 130 Å². The van der Waals surface area contributed by atoms with Crippen LogP contribution in [0.25, 0.3) is 0 Å². The molecule has 20 atom stereocenters. The molecule has 0 spiro atoms. The van der Waals surface area contributed by atoms with Crippen molar-refractivity contribution in [2.75, 3.05) is 0 Å². The van der Waals surface area contributed by atoms with E-state index in [-0.39, 0.29) is 0 Å². The molecule has 0 saturated heterocycles. The van der Waals surface area contributed by atoms with Crippen molar-refractivity contribution in [2.45, 2.75) is 231 Å². The zero-order valence-corrected chi connectivity index (χ0v) is 38.2. The Morgan fingerprint density at radius 3 is 1.22 bits per heavy atom. The van der Waals surface area contributed by atoms with Gasteiger partial charge in [-0.15, -0.1) is 0 Å². The quantitative estimate of drug-likeness (QED) is 0.260. The van der Waals surface area contributed by atoms with Gasteiger partial charge in [-0.3, -0.25) is 0 Å². The van der Waals surface area contributed by atoms with Crippen LogP contribution in [0, 0.1) is 130 Å². The minimum Gasteiger partial charge on any atom is -0.0533 e. The van der Waals surface area contributed by atoms with E-state index in [0.717, 1.165) is 130 Å². The molecule has 12 rings (SSSR count). The molecular weight excluding hydrogens is 697 g/mol. The summed E-state index contributed by atoms with van der Waals surface area (Å²) in [4.78, 5) is 0. The van der Waals surface area contributed by atoms with E-state index in [1.165, 1.54) is 6.42 Å². The largest absolute Gasteiger partial charge is 0.0533 e. The molecule has 58 heavy (non-hydrogen) atoms. The summed E-state index contributed by atoms with van der Waals surface area (Å²) in [5.74, 6) is 24.8. The molecule has 0 aliphatic heterocycles. The predicted molar refractivity (Wildman–Crippen MR) is 243 cm³/mol. The van der Waals surface area contributed by atoms with Gasteiger partial charge in [0.25, 0.3) is 0 Å². The maximum Gasteiger partial charge on any atom is -0.0318 e. The van der Waals surface area contributed by atoms with Crippen molar-refractivity contribution >= 4 is 0 Å². The lowest BCUT2D eigenvalue weighted by Crippen LogP contribution is -2.48. The van der Waals surface area contributed by atoms with Crippen molar-refractivity contribution in [1.29, 1.82) is 0 Å². The van der Waals surface area contributed by atoms with E-state index in [4.69, 9.17) is 0 Å². The van der Waals surface area contributed by atoms with Gasteiger partial charge in [0.15, 0.2) is 0 Å². The molecule has 0 amide bonds. The van der Waals surface area contributed by atoms with Crippen LogP contribution in [-0.2, 0) is 0 Å². The summed E-state index contributed by atoms with van der Waals surface area (Å²) in [5.41, 5.74) is 0. The number of hydrogen-bond acceptors (Lipinski definition) is 0. The highest BCUT2D eigenvalue weighted by molar-refractivity contribution is 5.09. The van der Waals surface area contributed by atoms with Gasteiger partial charge in [0, 0.05) is 0 Å². The normalized spacial score (nSPS) is 54.0. The van der Waals surface area contributed by atoms with Gasteiger partial charge in [-0.1, -0.05) is 116 Å². The first-order valence-electron chi connectivity index (χ1n) is 28.7. The summed E-state index contributed by atoms with van der Waals surface area (Å²) in [6.45, 7) is 0. The SMILES string of the molecule is C1CCC(C2CCC3CC(C4CC(C5CCCC6CC7CCCCC7C65)CC(C5CCC(C6CCCCC6)C6CC7CCC8CCCCC8C7C56)C4)CCC3C2)CC1. The van der Waals surface area contributed by atoms with Crippen LogP contribution in [0.15, 0.2) is 0 Å². The first-order valence-corrected chi connectivity index (χ1v) is 28.7. The molecule has 20 unspecified atom stereocenters. The Labute approximate surface area is 359 Å². The molecule has 12 fully saturated rings. The molecule has 0 aromatic heterocycles. The van der Waals surface area contributed by atoms with Gasteiger partial charge in [-0.25, -0.2) is 0 Å². The van der Waals surface area contributed by atoms with E-state index >= 15 is 0 Å². The second-order valence-corrected chi connectivity index (χ2v) is 26.3. The molecule has 12 aliphatic rings. The molecule has 0 N–H and O–H groups in total. The summed E-state index contributed by atoms with van der Waals surface area (Å²) < 4.78 is 0. The van der Waals surface area contributed by atoms with Crippen LogP contribution in [0.1, 0.15) is 231 Å². The molecule has 0 radical (unpaired) electrons. The fourth-order valence-corrected chi connectivity index (χ4v) is 22.5. The Bertz CT molecular complexity index is 1350. The fourth-order valence-electron chi connectivity index (χ4n) is 22.5. The lowest BCUT2D eigenvalue weighted by atomic mass is 9.50. The Morgan fingerprint density at radius 2 is 0.517 bits per heavy atom. The van der Waals surface area contributed by atoms with Crippen LogP contribution in [0.4, 0.5) is 0 Å². The molecule has 12 saturated carbocycles. The average molecular weight is 791 g/mol. The Kier molecular flexibility index (Phi) is 11.7. The van der Waals surface area contributed by atoms with Gasteiger partial charge in [-0.05, 0) is 246 Å². The van der Waals surface area contributed by atoms with Crippen molar-refractivity contribution < 1.29 is 0 Å². The van der Waals surface area contributed by atoms with Crippen molar-refractivity contribution in [3.05, 3.63) is 0 Å². The molecular formula is C58H94. The zero-order chi connectivity index (χ0) is 38.2. The number of rotatable bonds is 5. The third-order valence-electron chi connectivity index (χ3n) is 24.5. The van der Waals surface area contributed by atoms with Crippen molar-refractivity contribution in [3.63, 3.8) is 0 Å². The van der Waals surface area contributed by atoms with Gasteiger partial charge in [0.2, 0.25) is 0 Å². The van der Waals surface area contributed by atoms with Crippen molar-refractivity contribution in [1.82, 2.24) is 0 Å². The first-order chi connectivity index (χ1) is 28.7. The minimum absolute atomic E-state index is 1.10. The molecule has 12 aliphatic carbocycles. The Balaban J connectivity index is 0.838. The fraction of sp³-hybridized carbons (Fsp3) is 1.00. The summed E-state index contributed by atoms with van der Waals surface area (Å²) in [6, 6.07) is 0. The van der Waals surface area contributed by atoms with Crippen LogP contribution in [0.2, 0.25) is 0 Å². The second-order valence-electron chi connectivity index (χ2n) is 26.3. The third-order valence-corrected chi connectivity index (χ3v) is 24.5. The topological polar surface area (TPSA) is 0 Å². The first kappa shape index (κ1) is 39.6. The molecule has 0 nitrogen and oxygen atoms in total. The van der Waals surface area contributed by atoms with Crippen LogP contribution < -0.4 is 0 Å². The van der Waals surface area contributed by atoms with Gasteiger partial charge < -0.3 is 0 Å². The Hall–Kier alpha value is 0. The van der Waals surface area contributed by atoms with Crippen LogP contribution >= 0.6 is 0 Å². The monoisotopic (exact) mass is 791 g/mol. The van der Waals surface area contributed by atoms with Gasteiger partial charge >= 0.3 is 0 Å².